The largest absolute Gasteiger partial charge is 0.504 e. The van der Waals surface area contributed by atoms with E-state index in [4.69, 9.17) is 0 Å². The Bertz CT molecular complexity index is 697. The molecule has 1 saturated heterocycles. The Kier molecular flexibility index (Phi) is 5.56. The number of rotatable bonds is 5. The molecule has 1 aliphatic heterocycles. The van der Waals surface area contributed by atoms with Gasteiger partial charge in [0.15, 0.2) is 11.5 Å². The number of hydrogen-bond acceptors (Lipinski definition) is 4. The fraction of sp³-hybridized carbons (Fsp3) is 0.400. The number of likely N-dealkylation sites (tertiary alicyclic amines) is 1. The highest BCUT2D eigenvalue weighted by Gasteiger charge is 2.28. The maximum Gasteiger partial charge on any atom is 0.163 e. The van der Waals surface area contributed by atoms with Crippen molar-refractivity contribution in [3.63, 3.8) is 0 Å². The monoisotopic (exact) mass is 345 g/mol. The van der Waals surface area contributed by atoms with Crippen molar-refractivity contribution in [2.75, 3.05) is 19.6 Å². The lowest BCUT2D eigenvalue weighted by Crippen LogP contribution is -2.36. The van der Waals surface area contributed by atoms with Crippen molar-refractivity contribution in [3.8, 4) is 11.5 Å². The molecular formula is C20H24FNO3. The minimum absolute atomic E-state index is 0.0646. The number of phenolic OH excluding ortho intramolecular Hbond substituents is 2. The molecule has 134 valence electrons. The maximum atomic E-state index is 12.9. The summed E-state index contributed by atoms with van der Waals surface area (Å²) in [5.41, 5.74) is 1.51. The third kappa shape index (κ3) is 4.30. The zero-order valence-corrected chi connectivity index (χ0v) is 14.1. The average Bonchev–Trinajstić information content (AvgIpc) is 2.63. The number of aliphatic hydroxyl groups excluding tert-OH is 1. The van der Waals surface area contributed by atoms with Gasteiger partial charge in [0.1, 0.15) is 5.82 Å². The lowest BCUT2D eigenvalue weighted by molar-refractivity contribution is 0.0573. The molecule has 3 N–H and O–H groups in total. The quantitative estimate of drug-likeness (QED) is 0.728. The molecule has 1 aliphatic rings. The fourth-order valence-electron chi connectivity index (χ4n) is 3.47. The molecule has 3 rings (SSSR count). The molecule has 2 aromatic carbocycles. The number of benzene rings is 2. The van der Waals surface area contributed by atoms with E-state index in [0.29, 0.717) is 5.56 Å². The molecule has 4 nitrogen and oxygen atoms in total. The van der Waals surface area contributed by atoms with Crippen molar-refractivity contribution in [1.82, 2.24) is 4.90 Å². The Balaban J connectivity index is 1.51. The van der Waals surface area contributed by atoms with Crippen molar-refractivity contribution in [2.24, 2.45) is 5.92 Å². The second kappa shape index (κ2) is 7.85. The molecule has 0 aromatic heterocycles. The van der Waals surface area contributed by atoms with Gasteiger partial charge in [-0.3, -0.25) is 0 Å². The van der Waals surface area contributed by atoms with Crippen LogP contribution in [0.4, 0.5) is 4.39 Å². The topological polar surface area (TPSA) is 63.9 Å². The van der Waals surface area contributed by atoms with E-state index < -0.39 is 6.10 Å². The number of hydrogen-bond donors (Lipinski definition) is 3. The molecule has 1 atom stereocenters. The van der Waals surface area contributed by atoms with Crippen LogP contribution in [0, 0.1) is 11.7 Å². The van der Waals surface area contributed by atoms with Crippen molar-refractivity contribution in [1.29, 1.82) is 0 Å². The Morgan fingerprint density at radius 1 is 1.04 bits per heavy atom. The molecule has 0 aliphatic carbocycles. The Morgan fingerprint density at radius 2 is 1.72 bits per heavy atom. The van der Waals surface area contributed by atoms with Gasteiger partial charge < -0.3 is 20.2 Å². The van der Waals surface area contributed by atoms with Crippen LogP contribution in [0.3, 0.4) is 0 Å². The molecular weight excluding hydrogens is 321 g/mol. The summed E-state index contributed by atoms with van der Waals surface area (Å²) in [6.45, 7) is 2.66. The lowest BCUT2D eigenvalue weighted by atomic mass is 9.87. The molecule has 1 heterocycles. The molecule has 0 spiro atoms. The fourth-order valence-corrected chi connectivity index (χ4v) is 3.47. The van der Waals surface area contributed by atoms with E-state index in [-0.39, 0.29) is 23.2 Å². The van der Waals surface area contributed by atoms with Crippen molar-refractivity contribution >= 4 is 0 Å². The summed E-state index contributed by atoms with van der Waals surface area (Å²) >= 11 is 0. The predicted molar refractivity (Wildman–Crippen MR) is 94.0 cm³/mol. The highest BCUT2D eigenvalue weighted by atomic mass is 19.1. The van der Waals surface area contributed by atoms with Gasteiger partial charge in [-0.25, -0.2) is 4.39 Å². The number of halogens is 1. The maximum absolute atomic E-state index is 12.9. The minimum atomic E-state index is -0.772. The van der Waals surface area contributed by atoms with Crippen LogP contribution in [-0.4, -0.2) is 39.9 Å². The second-order valence-corrected chi connectivity index (χ2v) is 6.72. The highest BCUT2D eigenvalue weighted by molar-refractivity contribution is 5.45. The first-order valence-electron chi connectivity index (χ1n) is 8.70. The Morgan fingerprint density at radius 3 is 2.40 bits per heavy atom. The summed E-state index contributed by atoms with van der Waals surface area (Å²) in [4.78, 5) is 2.34. The van der Waals surface area contributed by atoms with E-state index in [2.05, 4.69) is 4.90 Å². The third-order valence-electron chi connectivity index (χ3n) is 5.07. The van der Waals surface area contributed by atoms with E-state index >= 15 is 0 Å². The van der Waals surface area contributed by atoms with Crippen molar-refractivity contribution in [2.45, 2.75) is 25.4 Å². The predicted octanol–water partition coefficient (Wildman–Crippen LogP) is 3.23. The number of nitrogens with zero attached hydrogens (tertiary/aromatic N) is 1. The van der Waals surface area contributed by atoms with Gasteiger partial charge in [0.25, 0.3) is 0 Å². The van der Waals surface area contributed by atoms with Gasteiger partial charge in [-0.1, -0.05) is 24.3 Å². The van der Waals surface area contributed by atoms with E-state index in [0.717, 1.165) is 44.5 Å². The van der Waals surface area contributed by atoms with Crippen LogP contribution in [0.15, 0.2) is 42.5 Å². The van der Waals surface area contributed by atoms with Crippen LogP contribution in [0.25, 0.3) is 0 Å². The smallest absolute Gasteiger partial charge is 0.163 e. The minimum Gasteiger partial charge on any atom is -0.504 e. The van der Waals surface area contributed by atoms with Crippen molar-refractivity contribution < 1.29 is 19.7 Å². The first kappa shape index (κ1) is 17.7. The molecule has 1 unspecified atom stereocenters. The van der Waals surface area contributed by atoms with E-state index in [1.165, 1.54) is 18.2 Å². The van der Waals surface area contributed by atoms with Gasteiger partial charge in [0.05, 0.1) is 6.10 Å². The number of piperidine rings is 1. The van der Waals surface area contributed by atoms with E-state index in [9.17, 15) is 19.7 Å². The van der Waals surface area contributed by atoms with Gasteiger partial charge in [0.2, 0.25) is 0 Å². The van der Waals surface area contributed by atoms with Crippen LogP contribution >= 0.6 is 0 Å². The Hall–Kier alpha value is -2.11. The second-order valence-electron chi connectivity index (χ2n) is 6.72. The first-order valence-corrected chi connectivity index (χ1v) is 8.70. The van der Waals surface area contributed by atoms with Crippen LogP contribution in [0.2, 0.25) is 0 Å². The number of phenols is 2. The van der Waals surface area contributed by atoms with Crippen LogP contribution < -0.4 is 0 Å². The summed E-state index contributed by atoms with van der Waals surface area (Å²) in [6, 6.07) is 11.3. The van der Waals surface area contributed by atoms with Crippen LogP contribution in [0.1, 0.15) is 30.1 Å². The zero-order chi connectivity index (χ0) is 17.8. The third-order valence-corrected chi connectivity index (χ3v) is 5.07. The highest BCUT2D eigenvalue weighted by Crippen LogP contribution is 2.38. The summed E-state index contributed by atoms with van der Waals surface area (Å²) < 4.78 is 12.9. The molecule has 0 saturated carbocycles. The normalized spacial score (nSPS) is 17.5. The zero-order valence-electron chi connectivity index (χ0n) is 14.1. The van der Waals surface area contributed by atoms with Crippen LogP contribution in [0.5, 0.6) is 11.5 Å². The molecule has 2 aromatic rings. The van der Waals surface area contributed by atoms with Crippen LogP contribution in [-0.2, 0) is 6.42 Å². The summed E-state index contributed by atoms with van der Waals surface area (Å²) in [5, 5.41) is 30.1. The molecule has 0 amide bonds. The van der Waals surface area contributed by atoms with Crippen molar-refractivity contribution in [3.05, 3.63) is 59.4 Å². The average molecular weight is 345 g/mol. The summed E-state index contributed by atoms with van der Waals surface area (Å²) in [6.07, 6.45) is 1.77. The number of aromatic hydroxyl groups is 2. The number of para-hydroxylation sites is 1. The lowest BCUT2D eigenvalue weighted by Gasteiger charge is -2.34. The standard InChI is InChI=1S/C20H24FNO3/c21-16-6-4-14(5-7-16)8-11-22-12-9-15(10-13-22)19(24)17-2-1-3-18(23)20(17)25/h1-7,15,19,23-25H,8-13H2. The van der Waals surface area contributed by atoms with Gasteiger partial charge in [-0.05, 0) is 62.0 Å². The molecule has 0 bridgehead atoms. The van der Waals surface area contributed by atoms with Gasteiger partial charge in [-0.2, -0.15) is 0 Å². The van der Waals surface area contributed by atoms with Gasteiger partial charge in [-0.15, -0.1) is 0 Å². The summed E-state index contributed by atoms with van der Waals surface area (Å²) in [7, 11) is 0. The SMILES string of the molecule is Oc1cccc(C(O)C2CCN(CCc3ccc(F)cc3)CC2)c1O. The van der Waals surface area contributed by atoms with Gasteiger partial charge >= 0.3 is 0 Å². The van der Waals surface area contributed by atoms with E-state index in [1.54, 1.807) is 12.1 Å². The molecule has 25 heavy (non-hydrogen) atoms. The molecule has 1 fully saturated rings. The number of aliphatic hydroxyl groups is 1. The Labute approximate surface area is 147 Å². The first-order chi connectivity index (χ1) is 12.0. The summed E-state index contributed by atoms with van der Waals surface area (Å²) in [5.74, 6) is -0.578. The molecule has 5 heteroatoms. The molecule has 0 radical (unpaired) electrons. The van der Waals surface area contributed by atoms with Gasteiger partial charge in [0, 0.05) is 12.1 Å². The van der Waals surface area contributed by atoms with E-state index in [1.807, 2.05) is 12.1 Å².